The first-order chi connectivity index (χ1) is 15.3. The van der Waals surface area contributed by atoms with Gasteiger partial charge in [0.15, 0.2) is 7.14 Å². The van der Waals surface area contributed by atoms with Gasteiger partial charge in [0, 0.05) is 21.3 Å². The van der Waals surface area contributed by atoms with Crippen molar-refractivity contribution in [2.75, 3.05) is 13.2 Å². The molecule has 0 amide bonds. The van der Waals surface area contributed by atoms with Crippen LogP contribution in [-0.2, 0) is 18.2 Å². The molecule has 6 heteroatoms. The fourth-order valence-corrected chi connectivity index (χ4v) is 9.76. The van der Waals surface area contributed by atoms with Crippen molar-refractivity contribution in [2.24, 2.45) is 5.41 Å². The van der Waals surface area contributed by atoms with Crippen molar-refractivity contribution in [3.05, 3.63) is 108 Å². The van der Waals surface area contributed by atoms with E-state index in [2.05, 4.69) is 6.58 Å². The molecular formula is C26H28O4P2. The second-order valence-corrected chi connectivity index (χ2v) is 13.8. The highest BCUT2D eigenvalue weighted by Crippen LogP contribution is 2.72. The van der Waals surface area contributed by atoms with Crippen LogP contribution in [0.25, 0.3) is 0 Å². The summed E-state index contributed by atoms with van der Waals surface area (Å²) in [4.78, 5) is 0. The summed E-state index contributed by atoms with van der Waals surface area (Å²) in [7, 11) is -7.10. The summed E-state index contributed by atoms with van der Waals surface area (Å²) in [6.07, 6.45) is 0. The smallest absolute Gasteiger partial charge is 0.309 e. The van der Waals surface area contributed by atoms with Crippen molar-refractivity contribution in [2.45, 2.75) is 19.5 Å². The Bertz CT molecular complexity index is 1120. The highest BCUT2D eigenvalue weighted by molar-refractivity contribution is 7.83. The highest BCUT2D eigenvalue weighted by atomic mass is 31.2. The zero-order chi connectivity index (χ0) is 22.8. The van der Waals surface area contributed by atoms with Crippen molar-refractivity contribution in [3.63, 3.8) is 0 Å². The lowest BCUT2D eigenvalue weighted by Gasteiger charge is -2.39. The van der Waals surface area contributed by atoms with Gasteiger partial charge in [0.1, 0.15) is 5.66 Å². The third-order valence-electron chi connectivity index (χ3n) is 5.66. The summed E-state index contributed by atoms with van der Waals surface area (Å²) in [5.74, 6) is 0. The van der Waals surface area contributed by atoms with Crippen molar-refractivity contribution in [1.82, 2.24) is 0 Å². The fraction of sp³-hybridized carbons (Fsp3) is 0.231. The minimum atomic E-state index is -3.69. The molecular weight excluding hydrogens is 438 g/mol. The Morgan fingerprint density at radius 1 is 0.844 bits per heavy atom. The SMILES string of the molecule is C=C(C(c1ccccc1)P1(=O)OCC(C)(C)CO1)P(=O)(c1ccccc1)c1ccccc1. The maximum atomic E-state index is 14.9. The minimum absolute atomic E-state index is 0.251. The van der Waals surface area contributed by atoms with Gasteiger partial charge in [-0.25, -0.2) is 0 Å². The molecule has 4 rings (SSSR count). The van der Waals surface area contributed by atoms with E-state index in [0.717, 1.165) is 0 Å². The molecule has 1 saturated heterocycles. The average Bonchev–Trinajstić information content (AvgIpc) is 2.82. The van der Waals surface area contributed by atoms with Crippen LogP contribution in [-0.4, -0.2) is 13.2 Å². The summed E-state index contributed by atoms with van der Waals surface area (Å²) in [6.45, 7) is 8.91. The number of hydrogen-bond acceptors (Lipinski definition) is 4. The van der Waals surface area contributed by atoms with Crippen molar-refractivity contribution in [1.29, 1.82) is 0 Å². The number of benzene rings is 3. The molecule has 32 heavy (non-hydrogen) atoms. The van der Waals surface area contributed by atoms with Gasteiger partial charge in [0.2, 0.25) is 0 Å². The molecule has 3 aromatic rings. The fourth-order valence-electron chi connectivity index (χ4n) is 3.88. The molecule has 1 fully saturated rings. The molecule has 1 atom stereocenters. The summed E-state index contributed by atoms with van der Waals surface area (Å²) in [5, 5.41) is 1.63. The van der Waals surface area contributed by atoms with Crippen LogP contribution in [0.5, 0.6) is 0 Å². The van der Waals surface area contributed by atoms with E-state index in [1.807, 2.05) is 105 Å². The predicted octanol–water partition coefficient (Wildman–Crippen LogP) is 6.52. The topological polar surface area (TPSA) is 52.6 Å². The minimum Gasteiger partial charge on any atom is -0.309 e. The summed E-state index contributed by atoms with van der Waals surface area (Å²) >= 11 is 0. The first kappa shape index (κ1) is 23.0. The van der Waals surface area contributed by atoms with Crippen molar-refractivity contribution in [3.8, 4) is 0 Å². The molecule has 0 aromatic heterocycles. The van der Waals surface area contributed by atoms with E-state index in [-0.39, 0.29) is 5.41 Å². The average molecular weight is 466 g/mol. The van der Waals surface area contributed by atoms with Crippen LogP contribution < -0.4 is 10.6 Å². The van der Waals surface area contributed by atoms with E-state index in [1.165, 1.54) is 0 Å². The molecule has 1 unspecified atom stereocenters. The lowest BCUT2D eigenvalue weighted by atomic mass is 9.97. The maximum absolute atomic E-state index is 14.9. The second-order valence-electron chi connectivity index (χ2n) is 8.84. The van der Waals surface area contributed by atoms with E-state index >= 15 is 0 Å². The number of allylic oxidation sites excluding steroid dienone is 1. The van der Waals surface area contributed by atoms with Gasteiger partial charge < -0.3 is 13.6 Å². The van der Waals surface area contributed by atoms with E-state index in [1.54, 1.807) is 0 Å². The molecule has 1 heterocycles. The molecule has 166 valence electrons. The zero-order valence-corrected chi connectivity index (χ0v) is 20.2. The summed E-state index contributed by atoms with van der Waals surface area (Å²) < 4.78 is 40.9. The molecule has 1 aliphatic rings. The molecule has 4 nitrogen and oxygen atoms in total. The van der Waals surface area contributed by atoms with Crippen LogP contribution in [0.4, 0.5) is 0 Å². The second kappa shape index (κ2) is 8.96. The number of rotatable bonds is 6. The van der Waals surface area contributed by atoms with Crippen LogP contribution in [0, 0.1) is 5.41 Å². The Balaban J connectivity index is 1.89. The molecule has 0 saturated carbocycles. The Morgan fingerprint density at radius 3 is 1.69 bits per heavy atom. The Kier molecular flexibility index (Phi) is 6.43. The van der Waals surface area contributed by atoms with Gasteiger partial charge in [-0.15, -0.1) is 0 Å². The van der Waals surface area contributed by atoms with Crippen LogP contribution in [0.3, 0.4) is 0 Å². The van der Waals surface area contributed by atoms with Crippen LogP contribution >= 0.6 is 14.7 Å². The van der Waals surface area contributed by atoms with E-state index in [4.69, 9.17) is 9.05 Å². The standard InChI is InChI=1S/C26H28O4P2/c1-21(31(27,23-15-9-5-10-16-23)24-17-11-6-12-18-24)25(22-13-7-4-8-14-22)32(28)29-19-26(2,3)20-30-32/h4-18,25H,1,19-20H2,2-3H3. The van der Waals surface area contributed by atoms with E-state index in [9.17, 15) is 9.13 Å². The van der Waals surface area contributed by atoms with Gasteiger partial charge in [-0.3, -0.25) is 4.57 Å². The normalized spacial score (nSPS) is 18.6. The quantitative estimate of drug-likeness (QED) is 0.388. The molecule has 0 N–H and O–H groups in total. The molecule has 0 spiro atoms. The van der Waals surface area contributed by atoms with Gasteiger partial charge in [0.25, 0.3) is 0 Å². The predicted molar refractivity (Wildman–Crippen MR) is 131 cm³/mol. The van der Waals surface area contributed by atoms with Gasteiger partial charge in [0.05, 0.1) is 13.2 Å². The van der Waals surface area contributed by atoms with Gasteiger partial charge >= 0.3 is 7.60 Å². The first-order valence-corrected chi connectivity index (χ1v) is 13.9. The Labute approximate surface area is 190 Å². The lowest BCUT2D eigenvalue weighted by Crippen LogP contribution is -2.31. The zero-order valence-electron chi connectivity index (χ0n) is 18.4. The summed E-state index contributed by atoms with van der Waals surface area (Å²) in [6, 6.07) is 27.9. The Hall–Kier alpha value is -2.22. The van der Waals surface area contributed by atoms with Crippen LogP contribution in [0.1, 0.15) is 25.1 Å². The van der Waals surface area contributed by atoms with Gasteiger partial charge in [-0.1, -0.05) is 111 Å². The largest absolute Gasteiger partial charge is 0.342 e. The van der Waals surface area contributed by atoms with E-state index in [0.29, 0.717) is 34.7 Å². The third-order valence-corrected chi connectivity index (χ3v) is 11.2. The maximum Gasteiger partial charge on any atom is 0.342 e. The third kappa shape index (κ3) is 4.34. The molecule has 3 aromatic carbocycles. The van der Waals surface area contributed by atoms with Gasteiger partial charge in [-0.2, -0.15) is 0 Å². The van der Waals surface area contributed by atoms with Crippen molar-refractivity contribution >= 4 is 25.3 Å². The van der Waals surface area contributed by atoms with Crippen LogP contribution in [0.15, 0.2) is 103 Å². The first-order valence-electron chi connectivity index (χ1n) is 10.6. The van der Waals surface area contributed by atoms with Crippen LogP contribution in [0.2, 0.25) is 0 Å². The lowest BCUT2D eigenvalue weighted by molar-refractivity contribution is 0.0392. The van der Waals surface area contributed by atoms with Gasteiger partial charge in [-0.05, 0) is 5.56 Å². The highest BCUT2D eigenvalue weighted by Gasteiger charge is 2.49. The molecule has 0 bridgehead atoms. The molecule has 0 aliphatic carbocycles. The number of hydrogen-bond donors (Lipinski definition) is 0. The summed E-state index contributed by atoms with van der Waals surface area (Å²) in [5.41, 5.74) is -0.391. The molecule has 0 radical (unpaired) electrons. The Morgan fingerprint density at radius 2 is 1.25 bits per heavy atom. The van der Waals surface area contributed by atoms with E-state index < -0.39 is 20.4 Å². The monoisotopic (exact) mass is 466 g/mol. The van der Waals surface area contributed by atoms with Crippen molar-refractivity contribution < 1.29 is 18.2 Å². The molecule has 1 aliphatic heterocycles.